The van der Waals surface area contributed by atoms with Crippen LogP contribution in [0.3, 0.4) is 0 Å². The number of hydrogen-bond donors (Lipinski definition) is 2. The van der Waals surface area contributed by atoms with E-state index in [1.165, 1.54) is 0 Å². The minimum Gasteiger partial charge on any atom is -0.483 e. The Labute approximate surface area is 135 Å². The van der Waals surface area contributed by atoms with Gasteiger partial charge in [0.2, 0.25) is 0 Å². The number of halogens is 1. The first-order valence-corrected chi connectivity index (χ1v) is 7.42. The first kappa shape index (κ1) is 16.1. The fourth-order valence-electron chi connectivity index (χ4n) is 1.79. The van der Waals surface area contributed by atoms with Crippen LogP contribution in [0.2, 0.25) is 0 Å². The Balaban J connectivity index is 1.93. The van der Waals surface area contributed by atoms with Crippen LogP contribution in [0.25, 0.3) is 10.8 Å². The Morgan fingerprint density at radius 1 is 1.14 bits per heavy atom. The lowest BCUT2D eigenvalue weighted by Crippen LogP contribution is -2.44. The molecule has 7 heteroatoms. The van der Waals surface area contributed by atoms with E-state index in [4.69, 9.17) is 4.74 Å². The van der Waals surface area contributed by atoms with Gasteiger partial charge in [0.1, 0.15) is 5.75 Å². The molecule has 2 aromatic carbocycles. The zero-order valence-corrected chi connectivity index (χ0v) is 13.5. The quantitative estimate of drug-likeness (QED) is 0.815. The molecule has 0 saturated carbocycles. The number of nitrogens with one attached hydrogen (secondary N) is 2. The molecule has 6 nitrogen and oxygen atoms in total. The number of carbonyl (C=O) groups is 2. The van der Waals surface area contributed by atoms with E-state index in [1.54, 1.807) is 13.0 Å². The van der Waals surface area contributed by atoms with Crippen molar-refractivity contribution >= 4 is 38.7 Å². The Morgan fingerprint density at radius 2 is 1.91 bits per heavy atom. The second kappa shape index (κ2) is 7.65. The maximum absolute atomic E-state index is 11.6. The molecule has 2 N–H and O–H groups in total. The first-order chi connectivity index (χ1) is 10.6. The van der Waals surface area contributed by atoms with E-state index >= 15 is 0 Å². The molecule has 0 atom stereocenters. The number of hydrogen-bond acceptors (Lipinski definition) is 4. The van der Waals surface area contributed by atoms with E-state index in [1.807, 2.05) is 30.3 Å². The Kier molecular flexibility index (Phi) is 5.60. The van der Waals surface area contributed by atoms with Crippen molar-refractivity contribution in [1.29, 1.82) is 0 Å². The lowest BCUT2D eigenvalue weighted by molar-refractivity contribution is -0.124. The van der Waals surface area contributed by atoms with Gasteiger partial charge in [0.15, 0.2) is 6.61 Å². The summed E-state index contributed by atoms with van der Waals surface area (Å²) in [6.07, 6.45) is -0.720. The van der Waals surface area contributed by atoms with Crippen LogP contribution in [-0.4, -0.2) is 25.2 Å². The van der Waals surface area contributed by atoms with Crippen molar-refractivity contribution in [1.82, 2.24) is 10.9 Å². The average molecular weight is 367 g/mol. The van der Waals surface area contributed by atoms with Crippen LogP contribution in [-0.2, 0) is 9.53 Å². The van der Waals surface area contributed by atoms with Crippen LogP contribution in [0, 0.1) is 0 Å². The average Bonchev–Trinajstić information content (AvgIpc) is 2.53. The van der Waals surface area contributed by atoms with E-state index < -0.39 is 12.0 Å². The molecular formula is C15H15BrN2O4. The molecule has 0 saturated heterocycles. The predicted molar refractivity (Wildman–Crippen MR) is 85.4 cm³/mol. The standard InChI is InChI=1S/C15H15BrN2O4/c1-2-21-15(20)18-17-13(19)9-22-12-8-7-10-5-3-4-6-11(10)14(12)16/h3-8H,2,9H2,1H3,(H,17,19)(H,18,20). The van der Waals surface area contributed by atoms with Gasteiger partial charge in [-0.1, -0.05) is 30.3 Å². The molecule has 0 radical (unpaired) electrons. The summed E-state index contributed by atoms with van der Waals surface area (Å²) in [6, 6.07) is 11.5. The van der Waals surface area contributed by atoms with Gasteiger partial charge in [0.05, 0.1) is 11.1 Å². The van der Waals surface area contributed by atoms with Crippen LogP contribution < -0.4 is 15.6 Å². The molecule has 0 bridgehead atoms. The number of ether oxygens (including phenoxy) is 2. The Bertz CT molecular complexity index is 690. The summed E-state index contributed by atoms with van der Waals surface area (Å²) < 4.78 is 10.8. The number of amides is 2. The van der Waals surface area contributed by atoms with Crippen LogP contribution in [0.5, 0.6) is 5.75 Å². The van der Waals surface area contributed by atoms with Gasteiger partial charge in [-0.25, -0.2) is 10.2 Å². The molecule has 0 aliphatic rings. The third kappa shape index (κ3) is 4.11. The van der Waals surface area contributed by atoms with Gasteiger partial charge < -0.3 is 9.47 Å². The summed E-state index contributed by atoms with van der Waals surface area (Å²) in [5.41, 5.74) is 4.30. The lowest BCUT2D eigenvalue weighted by atomic mass is 10.1. The van der Waals surface area contributed by atoms with Crippen LogP contribution in [0.15, 0.2) is 40.9 Å². The van der Waals surface area contributed by atoms with E-state index in [2.05, 4.69) is 31.5 Å². The highest BCUT2D eigenvalue weighted by molar-refractivity contribution is 9.10. The molecule has 116 valence electrons. The van der Waals surface area contributed by atoms with Crippen molar-refractivity contribution in [2.75, 3.05) is 13.2 Å². The fourth-order valence-corrected chi connectivity index (χ4v) is 2.40. The summed E-state index contributed by atoms with van der Waals surface area (Å²) in [7, 11) is 0. The second-order valence-electron chi connectivity index (χ2n) is 4.28. The molecule has 2 rings (SSSR count). The largest absolute Gasteiger partial charge is 0.483 e. The number of rotatable bonds is 4. The predicted octanol–water partition coefficient (Wildman–Crippen LogP) is 2.76. The smallest absolute Gasteiger partial charge is 0.426 e. The van der Waals surface area contributed by atoms with Gasteiger partial charge in [-0.05, 0) is 39.7 Å². The minimum atomic E-state index is -0.720. The second-order valence-corrected chi connectivity index (χ2v) is 5.07. The summed E-state index contributed by atoms with van der Waals surface area (Å²) in [4.78, 5) is 22.6. The van der Waals surface area contributed by atoms with Crippen molar-refractivity contribution in [3.05, 3.63) is 40.9 Å². The van der Waals surface area contributed by atoms with Gasteiger partial charge in [0.25, 0.3) is 5.91 Å². The molecule has 0 unspecified atom stereocenters. The summed E-state index contributed by atoms with van der Waals surface area (Å²) >= 11 is 3.47. The highest BCUT2D eigenvalue weighted by Crippen LogP contribution is 2.32. The normalized spacial score (nSPS) is 10.1. The molecule has 2 aromatic rings. The highest BCUT2D eigenvalue weighted by Gasteiger charge is 2.09. The van der Waals surface area contributed by atoms with E-state index in [0.29, 0.717) is 5.75 Å². The van der Waals surface area contributed by atoms with Crippen molar-refractivity contribution in [3.8, 4) is 5.75 Å². The first-order valence-electron chi connectivity index (χ1n) is 6.63. The molecule has 0 spiro atoms. The number of fused-ring (bicyclic) bond motifs is 1. The SMILES string of the molecule is CCOC(=O)NNC(=O)COc1ccc2ccccc2c1Br. The van der Waals surface area contributed by atoms with E-state index in [9.17, 15) is 9.59 Å². The van der Waals surface area contributed by atoms with Gasteiger partial charge in [-0.2, -0.15) is 0 Å². The summed E-state index contributed by atoms with van der Waals surface area (Å²) in [6.45, 7) is 1.66. The molecule has 2 amide bonds. The third-order valence-corrected chi connectivity index (χ3v) is 3.58. The van der Waals surface area contributed by atoms with Gasteiger partial charge in [-0.15, -0.1) is 0 Å². The minimum absolute atomic E-state index is 0.224. The van der Waals surface area contributed by atoms with Crippen molar-refractivity contribution in [2.45, 2.75) is 6.92 Å². The monoisotopic (exact) mass is 366 g/mol. The van der Waals surface area contributed by atoms with Crippen LogP contribution in [0.1, 0.15) is 6.92 Å². The van der Waals surface area contributed by atoms with Crippen molar-refractivity contribution in [2.24, 2.45) is 0 Å². The zero-order valence-electron chi connectivity index (χ0n) is 11.9. The van der Waals surface area contributed by atoms with E-state index in [-0.39, 0.29) is 13.2 Å². The summed E-state index contributed by atoms with van der Waals surface area (Å²) in [5.74, 6) is 0.0538. The topological polar surface area (TPSA) is 76.7 Å². The third-order valence-electron chi connectivity index (χ3n) is 2.77. The van der Waals surface area contributed by atoms with Crippen LogP contribution >= 0.6 is 15.9 Å². The summed E-state index contributed by atoms with van der Waals surface area (Å²) in [5, 5.41) is 2.06. The molecule has 0 aromatic heterocycles. The van der Waals surface area contributed by atoms with Crippen molar-refractivity contribution < 1.29 is 19.1 Å². The molecule has 0 aliphatic heterocycles. The Hall–Kier alpha value is -2.28. The maximum Gasteiger partial charge on any atom is 0.426 e. The lowest BCUT2D eigenvalue weighted by Gasteiger charge is -2.11. The van der Waals surface area contributed by atoms with Gasteiger partial charge in [0, 0.05) is 0 Å². The zero-order chi connectivity index (χ0) is 15.9. The van der Waals surface area contributed by atoms with Gasteiger partial charge in [-0.3, -0.25) is 10.2 Å². The molecular weight excluding hydrogens is 352 g/mol. The number of carbonyl (C=O) groups excluding carboxylic acids is 2. The Morgan fingerprint density at radius 3 is 2.68 bits per heavy atom. The van der Waals surface area contributed by atoms with Gasteiger partial charge >= 0.3 is 6.09 Å². The maximum atomic E-state index is 11.6. The van der Waals surface area contributed by atoms with Crippen molar-refractivity contribution in [3.63, 3.8) is 0 Å². The molecule has 0 fully saturated rings. The van der Waals surface area contributed by atoms with E-state index in [0.717, 1.165) is 15.2 Å². The molecule has 0 heterocycles. The molecule has 0 aliphatic carbocycles. The highest BCUT2D eigenvalue weighted by atomic mass is 79.9. The molecule has 22 heavy (non-hydrogen) atoms. The number of benzene rings is 2. The number of hydrazine groups is 1. The fraction of sp³-hybridized carbons (Fsp3) is 0.200. The van der Waals surface area contributed by atoms with Crippen LogP contribution in [0.4, 0.5) is 4.79 Å².